The van der Waals surface area contributed by atoms with Crippen molar-refractivity contribution in [2.75, 3.05) is 5.32 Å². The number of hydrogen-bond donors (Lipinski definition) is 1. The fourth-order valence-corrected chi connectivity index (χ4v) is 3.30. The van der Waals surface area contributed by atoms with Gasteiger partial charge in [0.1, 0.15) is 10.8 Å². The number of nitrogens with zero attached hydrogens (tertiary/aromatic N) is 2. The molecule has 5 nitrogen and oxygen atoms in total. The molecule has 1 aromatic heterocycles. The summed E-state index contributed by atoms with van der Waals surface area (Å²) in [7, 11) is 0. The van der Waals surface area contributed by atoms with Crippen LogP contribution in [0.1, 0.15) is 60.8 Å². The van der Waals surface area contributed by atoms with Gasteiger partial charge in [-0.1, -0.05) is 25.2 Å². The van der Waals surface area contributed by atoms with E-state index >= 15 is 0 Å². The van der Waals surface area contributed by atoms with Crippen LogP contribution in [0.15, 0.2) is 24.3 Å². The standard InChI is InChI=1S/C17H20FN3O2S/c1-3-11(4-2)16-20-21-17(24-16)19-15(23)10-9-14(22)12-5-7-13(18)8-6-12/h5-8,11H,3-4,9-10H2,1-2H3,(H,19,21,23). The Morgan fingerprint density at radius 2 is 1.79 bits per heavy atom. The van der Waals surface area contributed by atoms with E-state index in [4.69, 9.17) is 0 Å². The number of aromatic nitrogens is 2. The van der Waals surface area contributed by atoms with Crippen molar-refractivity contribution in [3.05, 3.63) is 40.7 Å². The van der Waals surface area contributed by atoms with Gasteiger partial charge in [0.25, 0.3) is 0 Å². The molecule has 128 valence electrons. The molecular weight excluding hydrogens is 329 g/mol. The Balaban J connectivity index is 1.85. The number of rotatable bonds is 8. The molecule has 0 atom stereocenters. The molecule has 0 radical (unpaired) electrons. The first-order valence-corrected chi connectivity index (χ1v) is 8.77. The zero-order valence-corrected chi connectivity index (χ0v) is 14.5. The fraction of sp³-hybridized carbons (Fsp3) is 0.412. The van der Waals surface area contributed by atoms with Crippen LogP contribution in [0.25, 0.3) is 0 Å². The quantitative estimate of drug-likeness (QED) is 0.726. The second-order valence-electron chi connectivity index (χ2n) is 5.44. The number of amides is 1. The van der Waals surface area contributed by atoms with Crippen LogP contribution in [0.2, 0.25) is 0 Å². The summed E-state index contributed by atoms with van der Waals surface area (Å²) in [5.74, 6) is -0.514. The second-order valence-corrected chi connectivity index (χ2v) is 6.45. The summed E-state index contributed by atoms with van der Waals surface area (Å²) in [6.07, 6.45) is 2.07. The summed E-state index contributed by atoms with van der Waals surface area (Å²) in [4.78, 5) is 23.9. The Morgan fingerprint density at radius 3 is 2.42 bits per heavy atom. The van der Waals surface area contributed by atoms with Gasteiger partial charge in [0, 0.05) is 24.3 Å². The fourth-order valence-electron chi connectivity index (χ4n) is 2.28. The first-order valence-electron chi connectivity index (χ1n) is 7.95. The number of carbonyl (C=O) groups excluding carboxylic acids is 2. The average Bonchev–Trinajstić information content (AvgIpc) is 3.02. The largest absolute Gasteiger partial charge is 0.301 e. The first-order chi connectivity index (χ1) is 11.5. The SMILES string of the molecule is CCC(CC)c1nnc(NC(=O)CCC(=O)c2ccc(F)cc2)s1. The van der Waals surface area contributed by atoms with Crippen molar-refractivity contribution in [3.8, 4) is 0 Å². The molecule has 0 aliphatic heterocycles. The van der Waals surface area contributed by atoms with Crippen LogP contribution in [-0.2, 0) is 4.79 Å². The molecule has 0 saturated carbocycles. The van der Waals surface area contributed by atoms with Crippen molar-refractivity contribution in [1.29, 1.82) is 0 Å². The normalized spacial score (nSPS) is 10.8. The van der Waals surface area contributed by atoms with Crippen molar-refractivity contribution in [2.45, 2.75) is 45.4 Å². The zero-order chi connectivity index (χ0) is 17.5. The molecule has 0 aliphatic rings. The lowest BCUT2D eigenvalue weighted by atomic mass is 10.1. The van der Waals surface area contributed by atoms with Crippen LogP contribution < -0.4 is 5.32 Å². The minimum Gasteiger partial charge on any atom is -0.301 e. The van der Waals surface area contributed by atoms with E-state index in [1.54, 1.807) is 0 Å². The maximum Gasteiger partial charge on any atom is 0.226 e. The van der Waals surface area contributed by atoms with E-state index in [-0.39, 0.29) is 24.5 Å². The van der Waals surface area contributed by atoms with Gasteiger partial charge in [-0.05, 0) is 37.1 Å². The molecule has 1 amide bonds. The van der Waals surface area contributed by atoms with E-state index in [0.717, 1.165) is 17.8 Å². The topological polar surface area (TPSA) is 72.0 Å². The molecule has 0 spiro atoms. The van der Waals surface area contributed by atoms with Crippen LogP contribution in [0, 0.1) is 5.82 Å². The monoisotopic (exact) mass is 349 g/mol. The van der Waals surface area contributed by atoms with Gasteiger partial charge in [-0.15, -0.1) is 10.2 Å². The number of Topliss-reactive ketones (excluding diaryl/α,β-unsaturated/α-hetero) is 1. The number of ketones is 1. The number of hydrogen-bond acceptors (Lipinski definition) is 5. The Kier molecular flexibility index (Phi) is 6.54. The van der Waals surface area contributed by atoms with E-state index in [1.165, 1.54) is 35.6 Å². The van der Waals surface area contributed by atoms with Gasteiger partial charge in [-0.2, -0.15) is 0 Å². The number of benzene rings is 1. The minimum absolute atomic E-state index is 0.0517. The van der Waals surface area contributed by atoms with Crippen molar-refractivity contribution >= 4 is 28.2 Å². The molecule has 2 aromatic rings. The highest BCUT2D eigenvalue weighted by molar-refractivity contribution is 7.15. The predicted molar refractivity (Wildman–Crippen MR) is 91.8 cm³/mol. The Morgan fingerprint density at radius 1 is 1.12 bits per heavy atom. The van der Waals surface area contributed by atoms with Gasteiger partial charge in [-0.3, -0.25) is 9.59 Å². The van der Waals surface area contributed by atoms with Crippen LogP contribution >= 0.6 is 11.3 Å². The molecule has 0 bridgehead atoms. The highest BCUT2D eigenvalue weighted by atomic mass is 32.1. The highest BCUT2D eigenvalue weighted by Crippen LogP contribution is 2.28. The summed E-state index contributed by atoms with van der Waals surface area (Å²) >= 11 is 1.37. The van der Waals surface area contributed by atoms with Crippen molar-refractivity contribution in [1.82, 2.24) is 10.2 Å². The molecule has 1 N–H and O–H groups in total. The summed E-state index contributed by atoms with van der Waals surface area (Å²) < 4.78 is 12.8. The summed E-state index contributed by atoms with van der Waals surface area (Å²) in [5.41, 5.74) is 0.399. The van der Waals surface area contributed by atoms with E-state index in [1.807, 2.05) is 0 Å². The molecule has 0 fully saturated rings. The Labute approximate surface area is 144 Å². The maximum atomic E-state index is 12.8. The van der Waals surface area contributed by atoms with Crippen molar-refractivity contribution < 1.29 is 14.0 Å². The smallest absolute Gasteiger partial charge is 0.226 e. The van der Waals surface area contributed by atoms with E-state index in [2.05, 4.69) is 29.4 Å². The Hall–Kier alpha value is -2.15. The van der Waals surface area contributed by atoms with Crippen LogP contribution in [0.5, 0.6) is 0 Å². The van der Waals surface area contributed by atoms with Gasteiger partial charge in [-0.25, -0.2) is 4.39 Å². The third-order valence-electron chi connectivity index (χ3n) is 3.77. The molecule has 0 saturated heterocycles. The number of carbonyl (C=O) groups is 2. The molecular formula is C17H20FN3O2S. The second kappa shape index (κ2) is 8.63. The molecule has 0 unspecified atom stereocenters. The van der Waals surface area contributed by atoms with Gasteiger partial charge in [0.15, 0.2) is 5.78 Å². The molecule has 24 heavy (non-hydrogen) atoms. The lowest BCUT2D eigenvalue weighted by Crippen LogP contribution is -2.13. The number of halogens is 1. The van der Waals surface area contributed by atoms with E-state index < -0.39 is 5.82 Å². The lowest BCUT2D eigenvalue weighted by molar-refractivity contribution is -0.116. The predicted octanol–water partition coefficient (Wildman–Crippen LogP) is 4.18. The zero-order valence-electron chi connectivity index (χ0n) is 13.7. The first kappa shape index (κ1) is 18.2. The molecule has 7 heteroatoms. The van der Waals surface area contributed by atoms with Crippen LogP contribution in [0.4, 0.5) is 9.52 Å². The lowest BCUT2D eigenvalue weighted by Gasteiger charge is -2.05. The third-order valence-corrected chi connectivity index (χ3v) is 4.77. The van der Waals surface area contributed by atoms with Gasteiger partial charge in [0.2, 0.25) is 11.0 Å². The van der Waals surface area contributed by atoms with E-state index in [9.17, 15) is 14.0 Å². The highest BCUT2D eigenvalue weighted by Gasteiger charge is 2.15. The average molecular weight is 349 g/mol. The van der Waals surface area contributed by atoms with Crippen molar-refractivity contribution in [2.24, 2.45) is 0 Å². The van der Waals surface area contributed by atoms with Crippen molar-refractivity contribution in [3.63, 3.8) is 0 Å². The molecule has 1 heterocycles. The van der Waals surface area contributed by atoms with Gasteiger partial charge < -0.3 is 5.32 Å². The van der Waals surface area contributed by atoms with Crippen LogP contribution in [0.3, 0.4) is 0 Å². The summed E-state index contributed by atoms with van der Waals surface area (Å²) in [6.45, 7) is 4.18. The molecule has 0 aliphatic carbocycles. The van der Waals surface area contributed by atoms with Gasteiger partial charge >= 0.3 is 0 Å². The Bertz CT molecular complexity index is 696. The number of anilines is 1. The molecule has 1 aromatic carbocycles. The maximum absolute atomic E-state index is 12.8. The van der Waals surface area contributed by atoms with Crippen LogP contribution in [-0.4, -0.2) is 21.9 Å². The number of nitrogens with one attached hydrogen (secondary N) is 1. The minimum atomic E-state index is -0.395. The molecule has 2 rings (SSSR count). The van der Waals surface area contributed by atoms with E-state index in [0.29, 0.717) is 16.6 Å². The van der Waals surface area contributed by atoms with Gasteiger partial charge in [0.05, 0.1) is 0 Å². The summed E-state index contributed by atoms with van der Waals surface area (Å²) in [5, 5.41) is 12.1. The summed E-state index contributed by atoms with van der Waals surface area (Å²) in [6, 6.07) is 5.30. The third kappa shape index (κ3) is 4.92.